The molecule has 0 spiro atoms. The summed E-state index contributed by atoms with van der Waals surface area (Å²) in [5.41, 5.74) is 0. The van der Waals surface area contributed by atoms with Crippen molar-refractivity contribution < 1.29 is 78.7 Å². The molecule has 0 aromatic carbocycles. The lowest BCUT2D eigenvalue weighted by Crippen LogP contribution is -2.49. The van der Waals surface area contributed by atoms with Crippen LogP contribution in [0.4, 0.5) is 0 Å². The van der Waals surface area contributed by atoms with Gasteiger partial charge in [-0.3, -0.25) is 19.6 Å². The molecule has 20 nitrogen and oxygen atoms in total. The predicted octanol–water partition coefficient (Wildman–Crippen LogP) is -0.453. The number of hydrogen-bond acceptors (Lipinski definition) is 20. The van der Waals surface area contributed by atoms with Crippen molar-refractivity contribution in [2.24, 2.45) is 0 Å². The monoisotopic (exact) mass is 941 g/mol. The molecule has 0 aliphatic carbocycles. The van der Waals surface area contributed by atoms with Crippen molar-refractivity contribution in [3.63, 3.8) is 0 Å². The Morgan fingerprint density at radius 3 is 0.719 bits per heavy atom. The third-order valence-corrected chi connectivity index (χ3v) is 8.48. The van der Waals surface area contributed by atoms with E-state index in [0.717, 1.165) is 0 Å². The van der Waals surface area contributed by atoms with Gasteiger partial charge in [0.15, 0.2) is 0 Å². The minimum atomic E-state index is -0.503. The van der Waals surface area contributed by atoms with E-state index in [1.165, 1.54) is 0 Å². The quantitative estimate of drug-likeness (QED) is 0.0285. The average molecular weight is 941 g/mol. The van der Waals surface area contributed by atoms with Gasteiger partial charge in [0.25, 0.3) is 0 Å². The first-order valence-corrected chi connectivity index (χ1v) is 22.4. The van der Waals surface area contributed by atoms with Crippen LogP contribution in [0.1, 0.15) is 70.2 Å². The number of ether oxygens (including phenoxy) is 8. The Hall–Kier alpha value is -0.800. The Labute approximate surface area is 388 Å². The molecule has 8 atom stereocenters. The second kappa shape index (κ2) is 48.6. The average Bonchev–Trinajstić information content (AvgIpc) is 3.20. The van der Waals surface area contributed by atoms with E-state index in [-0.39, 0.29) is 119 Å². The maximum atomic E-state index is 9.35. The highest BCUT2D eigenvalue weighted by molar-refractivity contribution is 4.72. The van der Waals surface area contributed by atoms with Gasteiger partial charge in [0, 0.05) is 52.4 Å². The summed E-state index contributed by atoms with van der Waals surface area (Å²) in [7, 11) is 0. The van der Waals surface area contributed by atoms with Gasteiger partial charge < -0.3 is 78.7 Å². The van der Waals surface area contributed by atoms with Gasteiger partial charge in [0.1, 0.15) is 0 Å². The van der Waals surface area contributed by atoms with E-state index in [0.29, 0.717) is 92.1 Å². The van der Waals surface area contributed by atoms with E-state index in [1.807, 2.05) is 27.7 Å². The first-order chi connectivity index (χ1) is 29.6. The molecule has 8 unspecified atom stereocenters. The Kier molecular flexibility index (Phi) is 53.0. The van der Waals surface area contributed by atoms with Gasteiger partial charge in [-0.25, -0.2) is 0 Å². The van der Waals surface area contributed by atoms with E-state index in [1.54, 1.807) is 27.7 Å². The highest BCUT2D eigenvalue weighted by Gasteiger charge is 2.21. The number of rotatable bonds is 44. The fourth-order valence-electron chi connectivity index (χ4n) is 5.92. The van der Waals surface area contributed by atoms with Gasteiger partial charge in [0.05, 0.1) is 168 Å². The topological polar surface area (TPSA) is 249 Å². The standard InChI is InChI=1S/2C21H46N2O8.2CH4/c1-18(28-9-5-24)13-22(14-19(2)29-10-6-25)17-23(15-20(3)30-11-7-26)16-21(4)31-12-8-27;1-18(24)13-28-9-5-22(6-10-29-14-19(2)25)17-23(7-11-30-15-20(3)26)8-12-31-16-21(4)27;;/h2*18-21,24-27H,5-17H2,1-4H3;2*1H4. The van der Waals surface area contributed by atoms with Crippen molar-refractivity contribution in [3.8, 4) is 0 Å². The van der Waals surface area contributed by atoms with Crippen LogP contribution in [0.2, 0.25) is 0 Å². The molecule has 0 heterocycles. The lowest BCUT2D eigenvalue weighted by molar-refractivity contribution is -0.0470. The van der Waals surface area contributed by atoms with Crippen LogP contribution in [0.3, 0.4) is 0 Å². The van der Waals surface area contributed by atoms with Crippen molar-refractivity contribution in [2.45, 2.75) is 119 Å². The fraction of sp³-hybridized carbons (Fsp3) is 1.00. The third kappa shape index (κ3) is 49.1. The third-order valence-electron chi connectivity index (χ3n) is 8.48. The van der Waals surface area contributed by atoms with E-state index in [2.05, 4.69) is 19.6 Å². The molecular weight excluding hydrogens is 840 g/mol. The normalized spacial score (nSPS) is 15.6. The second-order valence-corrected chi connectivity index (χ2v) is 15.9. The van der Waals surface area contributed by atoms with E-state index < -0.39 is 24.4 Å². The van der Waals surface area contributed by atoms with Crippen molar-refractivity contribution in [1.29, 1.82) is 0 Å². The van der Waals surface area contributed by atoms with Crippen molar-refractivity contribution in [2.75, 3.05) is 171 Å². The van der Waals surface area contributed by atoms with Crippen molar-refractivity contribution >= 4 is 0 Å². The highest BCUT2D eigenvalue weighted by atomic mass is 16.5. The zero-order chi connectivity index (χ0) is 47.0. The first kappa shape index (κ1) is 69.8. The van der Waals surface area contributed by atoms with Gasteiger partial charge >= 0.3 is 0 Å². The minimum Gasteiger partial charge on any atom is -0.394 e. The number of aliphatic hydroxyl groups is 8. The molecule has 392 valence electrons. The van der Waals surface area contributed by atoms with Gasteiger partial charge in [-0.2, -0.15) is 0 Å². The molecule has 0 amide bonds. The van der Waals surface area contributed by atoms with Crippen LogP contribution in [0.25, 0.3) is 0 Å². The van der Waals surface area contributed by atoms with Crippen LogP contribution in [0, 0.1) is 0 Å². The lowest BCUT2D eigenvalue weighted by Gasteiger charge is -2.35. The van der Waals surface area contributed by atoms with Crippen LogP contribution in [0.15, 0.2) is 0 Å². The molecule has 0 aromatic rings. The largest absolute Gasteiger partial charge is 0.394 e. The summed E-state index contributed by atoms with van der Waals surface area (Å²) in [6, 6.07) is 0. The maximum absolute atomic E-state index is 9.35. The maximum Gasteiger partial charge on any atom is 0.0745 e. The Morgan fingerprint density at radius 2 is 0.531 bits per heavy atom. The minimum absolute atomic E-state index is 0. The van der Waals surface area contributed by atoms with Crippen LogP contribution >= 0.6 is 0 Å². The van der Waals surface area contributed by atoms with Crippen LogP contribution in [0.5, 0.6) is 0 Å². The lowest BCUT2D eigenvalue weighted by atomic mass is 10.2. The number of nitrogens with zero attached hydrogens (tertiary/aromatic N) is 4. The van der Waals surface area contributed by atoms with Crippen molar-refractivity contribution in [1.82, 2.24) is 19.6 Å². The number of hydrogen-bond donors (Lipinski definition) is 8. The Bertz CT molecular complexity index is 790. The van der Waals surface area contributed by atoms with E-state index in [9.17, 15) is 20.4 Å². The summed E-state index contributed by atoms with van der Waals surface area (Å²) in [4.78, 5) is 8.77. The first-order valence-electron chi connectivity index (χ1n) is 22.4. The molecule has 20 heteroatoms. The summed E-state index contributed by atoms with van der Waals surface area (Å²) in [6.45, 7) is 25.1. The molecule has 0 fully saturated rings. The molecule has 64 heavy (non-hydrogen) atoms. The zero-order valence-corrected chi connectivity index (χ0v) is 39.6. The summed E-state index contributed by atoms with van der Waals surface area (Å²) >= 11 is 0. The molecule has 0 aliphatic heterocycles. The molecule has 0 saturated heterocycles. The summed E-state index contributed by atoms with van der Waals surface area (Å²) in [5, 5.41) is 73.5. The Balaban J connectivity index is -0.000000545. The summed E-state index contributed by atoms with van der Waals surface area (Å²) in [5.74, 6) is 0. The van der Waals surface area contributed by atoms with Crippen LogP contribution in [-0.2, 0) is 37.9 Å². The SMILES string of the molecule is C.C.CC(CN(CC(C)OCCO)CN(CC(C)OCCO)CC(C)OCCO)OCCO.CC(O)COCCN(CCOCC(C)O)CN(CCOCC(C)O)CCOCC(C)O. The highest BCUT2D eigenvalue weighted by Crippen LogP contribution is 2.08. The van der Waals surface area contributed by atoms with Crippen molar-refractivity contribution in [3.05, 3.63) is 0 Å². The molecule has 0 aromatic heterocycles. The molecule has 0 rings (SSSR count). The second-order valence-electron chi connectivity index (χ2n) is 15.9. The van der Waals surface area contributed by atoms with Crippen LogP contribution < -0.4 is 0 Å². The van der Waals surface area contributed by atoms with Gasteiger partial charge in [-0.15, -0.1) is 0 Å². The number of aliphatic hydroxyl groups excluding tert-OH is 8. The predicted molar refractivity (Wildman–Crippen MR) is 249 cm³/mol. The Morgan fingerprint density at radius 1 is 0.328 bits per heavy atom. The van der Waals surface area contributed by atoms with E-state index >= 15 is 0 Å². The molecule has 8 N–H and O–H groups in total. The molecular formula is C44H100N4O16. The molecule has 0 saturated carbocycles. The fourth-order valence-corrected chi connectivity index (χ4v) is 5.92. The zero-order valence-electron chi connectivity index (χ0n) is 39.6. The molecule has 0 radical (unpaired) electrons. The van der Waals surface area contributed by atoms with Gasteiger partial charge in [-0.05, 0) is 55.4 Å². The van der Waals surface area contributed by atoms with Crippen LogP contribution in [-0.4, -0.2) is 281 Å². The van der Waals surface area contributed by atoms with E-state index in [4.69, 9.17) is 58.3 Å². The molecule has 0 aliphatic rings. The summed E-state index contributed by atoms with van der Waals surface area (Å²) in [6.07, 6.45) is -2.33. The smallest absolute Gasteiger partial charge is 0.0745 e. The van der Waals surface area contributed by atoms with Gasteiger partial charge in [0.2, 0.25) is 0 Å². The summed E-state index contributed by atoms with van der Waals surface area (Å²) < 4.78 is 44.6. The van der Waals surface area contributed by atoms with Gasteiger partial charge in [-0.1, -0.05) is 14.9 Å². The molecule has 0 bridgehead atoms.